The fourth-order valence-electron chi connectivity index (χ4n) is 2.63. The predicted molar refractivity (Wildman–Crippen MR) is 79.9 cm³/mol. The summed E-state index contributed by atoms with van der Waals surface area (Å²) in [6, 6.07) is 4.95. The van der Waals surface area contributed by atoms with Gasteiger partial charge in [0.05, 0.1) is 12.4 Å². The van der Waals surface area contributed by atoms with Crippen LogP contribution in [0.4, 0.5) is 0 Å². The molecule has 0 aliphatic heterocycles. The number of sulfone groups is 1. The molecule has 1 aromatic rings. The van der Waals surface area contributed by atoms with Gasteiger partial charge in [0, 0.05) is 18.2 Å². The summed E-state index contributed by atoms with van der Waals surface area (Å²) in [4.78, 5) is 10.8. The van der Waals surface area contributed by atoms with Crippen LogP contribution in [0.5, 0.6) is 11.5 Å². The number of carbonyl (C=O) groups is 1. The van der Waals surface area contributed by atoms with E-state index in [4.69, 9.17) is 9.47 Å². The van der Waals surface area contributed by atoms with Gasteiger partial charge in [-0.3, -0.25) is 4.79 Å². The van der Waals surface area contributed by atoms with Gasteiger partial charge in [-0.25, -0.2) is 8.42 Å². The first kappa shape index (κ1) is 15.8. The van der Waals surface area contributed by atoms with E-state index in [0.717, 1.165) is 19.1 Å². The first-order valence-corrected chi connectivity index (χ1v) is 8.88. The maximum Gasteiger partial charge on any atom is 0.161 e. The van der Waals surface area contributed by atoms with Crippen LogP contribution >= 0.6 is 0 Å². The summed E-state index contributed by atoms with van der Waals surface area (Å²) in [5, 5.41) is -0.337. The molecule has 0 amide bonds. The number of rotatable bonds is 5. The molecule has 116 valence electrons. The average molecular weight is 312 g/mol. The predicted octanol–water partition coefficient (Wildman–Crippen LogP) is 2.24. The zero-order chi connectivity index (χ0) is 15.5. The van der Waals surface area contributed by atoms with Crippen molar-refractivity contribution in [2.45, 2.75) is 37.0 Å². The smallest absolute Gasteiger partial charge is 0.161 e. The number of ether oxygens (including phenoxy) is 2. The molecule has 1 fully saturated rings. The van der Waals surface area contributed by atoms with E-state index < -0.39 is 9.84 Å². The van der Waals surface area contributed by atoms with Crippen LogP contribution in [-0.4, -0.2) is 39.4 Å². The Morgan fingerprint density at radius 2 is 2.00 bits per heavy atom. The van der Waals surface area contributed by atoms with Gasteiger partial charge in [0.25, 0.3) is 0 Å². The van der Waals surface area contributed by atoms with Gasteiger partial charge in [-0.2, -0.15) is 0 Å². The second-order valence-electron chi connectivity index (χ2n) is 5.39. The van der Waals surface area contributed by atoms with Crippen molar-refractivity contribution in [2.24, 2.45) is 0 Å². The van der Waals surface area contributed by atoms with Crippen molar-refractivity contribution in [3.63, 3.8) is 0 Å². The van der Waals surface area contributed by atoms with Crippen molar-refractivity contribution in [1.82, 2.24) is 0 Å². The maximum absolute atomic E-state index is 11.7. The Morgan fingerprint density at radius 1 is 1.24 bits per heavy atom. The SMILES string of the molecule is COc1cc(C=O)ccc1OC1CCCC(S(C)(=O)=O)C1. The molecule has 0 spiro atoms. The van der Waals surface area contributed by atoms with Crippen molar-refractivity contribution in [2.75, 3.05) is 13.4 Å². The lowest BCUT2D eigenvalue weighted by molar-refractivity contribution is 0.112. The highest BCUT2D eigenvalue weighted by atomic mass is 32.2. The van der Waals surface area contributed by atoms with Gasteiger partial charge in [0.15, 0.2) is 11.5 Å². The van der Waals surface area contributed by atoms with Crippen LogP contribution in [0.1, 0.15) is 36.0 Å². The standard InChI is InChI=1S/C15H20O5S/c1-19-15-8-11(10-16)6-7-14(15)20-12-4-3-5-13(9-12)21(2,17)18/h6-8,10,12-13H,3-5,9H2,1-2H3. The minimum absolute atomic E-state index is 0.144. The van der Waals surface area contributed by atoms with Crippen molar-refractivity contribution < 1.29 is 22.7 Å². The molecule has 21 heavy (non-hydrogen) atoms. The summed E-state index contributed by atoms with van der Waals surface area (Å²) in [6.45, 7) is 0. The second-order valence-corrected chi connectivity index (χ2v) is 7.71. The number of benzene rings is 1. The lowest BCUT2D eigenvalue weighted by Crippen LogP contribution is -2.33. The molecule has 1 saturated carbocycles. The molecule has 1 aliphatic rings. The van der Waals surface area contributed by atoms with E-state index in [-0.39, 0.29) is 11.4 Å². The number of hydrogen-bond donors (Lipinski definition) is 0. The molecule has 2 atom stereocenters. The third-order valence-corrected chi connectivity index (χ3v) is 5.44. The summed E-state index contributed by atoms with van der Waals surface area (Å²) in [7, 11) is -1.52. The van der Waals surface area contributed by atoms with Gasteiger partial charge in [-0.05, 0) is 37.5 Å². The third kappa shape index (κ3) is 3.97. The molecule has 2 rings (SSSR count). The molecule has 0 bridgehead atoms. The topological polar surface area (TPSA) is 69.7 Å². The van der Waals surface area contributed by atoms with Crippen molar-refractivity contribution >= 4 is 16.1 Å². The molecule has 5 nitrogen and oxygen atoms in total. The van der Waals surface area contributed by atoms with E-state index in [9.17, 15) is 13.2 Å². The number of carbonyl (C=O) groups excluding carboxylic acids is 1. The molecular weight excluding hydrogens is 292 g/mol. The molecular formula is C15H20O5S. The maximum atomic E-state index is 11.7. The van der Waals surface area contributed by atoms with Crippen LogP contribution in [-0.2, 0) is 9.84 Å². The highest BCUT2D eigenvalue weighted by Gasteiger charge is 2.30. The lowest BCUT2D eigenvalue weighted by atomic mass is 9.97. The Labute approximate surface area is 125 Å². The Morgan fingerprint density at radius 3 is 2.62 bits per heavy atom. The van der Waals surface area contributed by atoms with Crippen LogP contribution in [0.3, 0.4) is 0 Å². The normalized spacial score (nSPS) is 22.6. The second kappa shape index (κ2) is 6.47. The fourth-order valence-corrected chi connectivity index (χ4v) is 3.79. The van der Waals surface area contributed by atoms with Crippen molar-refractivity contribution in [3.05, 3.63) is 23.8 Å². The summed E-state index contributed by atoms with van der Waals surface area (Å²) in [6.07, 6.45) is 4.72. The summed E-state index contributed by atoms with van der Waals surface area (Å²) in [5.41, 5.74) is 0.511. The molecule has 2 unspecified atom stereocenters. The summed E-state index contributed by atoms with van der Waals surface area (Å²) >= 11 is 0. The van der Waals surface area contributed by atoms with Gasteiger partial charge in [0.2, 0.25) is 0 Å². The largest absolute Gasteiger partial charge is 0.493 e. The van der Waals surface area contributed by atoms with Crippen LogP contribution < -0.4 is 9.47 Å². The van der Waals surface area contributed by atoms with E-state index in [2.05, 4.69) is 0 Å². The van der Waals surface area contributed by atoms with E-state index in [1.54, 1.807) is 18.2 Å². The lowest BCUT2D eigenvalue weighted by Gasteiger charge is -2.29. The van der Waals surface area contributed by atoms with Gasteiger partial charge < -0.3 is 9.47 Å². The van der Waals surface area contributed by atoms with Gasteiger partial charge in [-0.15, -0.1) is 0 Å². The first-order valence-electron chi connectivity index (χ1n) is 6.92. The molecule has 1 aromatic carbocycles. The quantitative estimate of drug-likeness (QED) is 0.780. The highest BCUT2D eigenvalue weighted by molar-refractivity contribution is 7.91. The Balaban J connectivity index is 2.12. The number of aldehydes is 1. The molecule has 0 radical (unpaired) electrons. The summed E-state index contributed by atoms with van der Waals surface area (Å²) in [5.74, 6) is 1.03. The van der Waals surface area contributed by atoms with E-state index >= 15 is 0 Å². The third-order valence-electron chi connectivity index (χ3n) is 3.80. The highest BCUT2D eigenvalue weighted by Crippen LogP contribution is 2.32. The van der Waals surface area contributed by atoms with Crippen LogP contribution in [0, 0.1) is 0 Å². The number of hydrogen-bond acceptors (Lipinski definition) is 5. The van der Waals surface area contributed by atoms with Gasteiger partial charge >= 0.3 is 0 Å². The first-order chi connectivity index (χ1) is 9.94. The van der Waals surface area contributed by atoms with E-state index in [0.29, 0.717) is 29.9 Å². The zero-order valence-electron chi connectivity index (χ0n) is 12.2. The van der Waals surface area contributed by atoms with E-state index in [1.807, 2.05) is 0 Å². The molecule has 0 heterocycles. The van der Waals surface area contributed by atoms with Crippen LogP contribution in [0.15, 0.2) is 18.2 Å². The van der Waals surface area contributed by atoms with Gasteiger partial charge in [-0.1, -0.05) is 0 Å². The molecule has 6 heteroatoms. The Hall–Kier alpha value is -1.56. The molecule has 0 aromatic heterocycles. The summed E-state index contributed by atoms with van der Waals surface area (Å²) < 4.78 is 34.5. The minimum atomic E-state index is -3.04. The van der Waals surface area contributed by atoms with Crippen LogP contribution in [0.2, 0.25) is 0 Å². The Kier molecular flexibility index (Phi) is 4.88. The molecule has 1 aliphatic carbocycles. The number of methoxy groups -OCH3 is 1. The monoisotopic (exact) mass is 312 g/mol. The van der Waals surface area contributed by atoms with Gasteiger partial charge in [0.1, 0.15) is 22.2 Å². The van der Waals surface area contributed by atoms with Crippen LogP contribution in [0.25, 0.3) is 0 Å². The average Bonchev–Trinajstić information content (AvgIpc) is 2.47. The van der Waals surface area contributed by atoms with Crippen molar-refractivity contribution in [3.8, 4) is 11.5 Å². The fraction of sp³-hybridized carbons (Fsp3) is 0.533. The molecule has 0 saturated heterocycles. The molecule has 0 N–H and O–H groups in total. The minimum Gasteiger partial charge on any atom is -0.493 e. The van der Waals surface area contributed by atoms with Crippen molar-refractivity contribution in [1.29, 1.82) is 0 Å². The Bertz CT molecular complexity index is 608. The zero-order valence-corrected chi connectivity index (χ0v) is 13.1. The van der Waals surface area contributed by atoms with E-state index in [1.165, 1.54) is 13.4 Å².